The van der Waals surface area contributed by atoms with E-state index in [1.165, 1.54) is 12.4 Å². The van der Waals surface area contributed by atoms with Crippen LogP contribution in [0.4, 0.5) is 13.2 Å². The summed E-state index contributed by atoms with van der Waals surface area (Å²) in [5.74, 6) is -1.27. The van der Waals surface area contributed by atoms with Crippen LogP contribution in [0.2, 0.25) is 0 Å². The van der Waals surface area contributed by atoms with Gasteiger partial charge in [0.2, 0.25) is 11.6 Å². The second kappa shape index (κ2) is 3.54. The van der Waals surface area contributed by atoms with Crippen LogP contribution in [0.1, 0.15) is 11.5 Å². The molecular weight excluding hydrogens is 223 g/mol. The van der Waals surface area contributed by atoms with E-state index in [2.05, 4.69) is 20.1 Å². The molecule has 0 aliphatic rings. The molecule has 0 fully saturated rings. The number of nitrogens with one attached hydrogen (secondary N) is 1. The van der Waals surface area contributed by atoms with Crippen molar-refractivity contribution in [3.8, 4) is 11.5 Å². The van der Waals surface area contributed by atoms with Crippen LogP contribution in [0.5, 0.6) is 0 Å². The Bertz CT molecular complexity index is 487. The topological polar surface area (TPSA) is 67.3 Å². The minimum absolute atomic E-state index is 0.125. The minimum Gasteiger partial charge on any atom is -0.258 e. The molecule has 0 aliphatic heterocycles. The van der Waals surface area contributed by atoms with E-state index in [4.69, 9.17) is 0 Å². The first-order valence-electron chi connectivity index (χ1n) is 4.25. The number of aromatic amines is 1. The summed E-state index contributed by atoms with van der Waals surface area (Å²) in [7, 11) is 0. The lowest BCUT2D eigenvalue weighted by atomic mass is 10.4. The zero-order chi connectivity index (χ0) is 11.8. The molecular formula is C8H6F3N5. The monoisotopic (exact) mass is 229 g/mol. The predicted molar refractivity (Wildman–Crippen MR) is 47.1 cm³/mol. The summed E-state index contributed by atoms with van der Waals surface area (Å²) in [6, 6.07) is 0. The first-order chi connectivity index (χ1) is 7.47. The van der Waals surface area contributed by atoms with Gasteiger partial charge in [0.15, 0.2) is 0 Å². The van der Waals surface area contributed by atoms with Crippen LogP contribution in [0, 0.1) is 6.92 Å². The van der Waals surface area contributed by atoms with Gasteiger partial charge in [-0.3, -0.25) is 10.1 Å². The lowest BCUT2D eigenvalue weighted by Crippen LogP contribution is -2.07. The Hall–Kier alpha value is -1.99. The van der Waals surface area contributed by atoms with Gasteiger partial charge in [-0.1, -0.05) is 0 Å². The van der Waals surface area contributed by atoms with Crippen LogP contribution >= 0.6 is 0 Å². The Morgan fingerprint density at radius 1 is 1.19 bits per heavy atom. The highest BCUT2D eigenvalue weighted by atomic mass is 19.4. The summed E-state index contributed by atoms with van der Waals surface area (Å²) < 4.78 is 36.6. The molecule has 0 aliphatic carbocycles. The zero-order valence-electron chi connectivity index (χ0n) is 8.08. The van der Waals surface area contributed by atoms with E-state index in [9.17, 15) is 13.2 Å². The van der Waals surface area contributed by atoms with Gasteiger partial charge < -0.3 is 0 Å². The fourth-order valence-corrected chi connectivity index (χ4v) is 1.01. The Kier molecular flexibility index (Phi) is 2.33. The van der Waals surface area contributed by atoms with Crippen molar-refractivity contribution in [3.05, 3.63) is 23.9 Å². The van der Waals surface area contributed by atoms with Gasteiger partial charge in [-0.05, 0) is 6.92 Å². The van der Waals surface area contributed by atoms with E-state index in [-0.39, 0.29) is 11.5 Å². The van der Waals surface area contributed by atoms with Crippen LogP contribution in [0.25, 0.3) is 11.5 Å². The molecule has 0 unspecified atom stereocenters. The molecule has 2 aromatic rings. The molecule has 0 radical (unpaired) electrons. The van der Waals surface area contributed by atoms with Crippen molar-refractivity contribution in [3.63, 3.8) is 0 Å². The van der Waals surface area contributed by atoms with Gasteiger partial charge in [0.05, 0.1) is 11.9 Å². The molecule has 0 atom stereocenters. The average Bonchev–Trinajstić information content (AvgIpc) is 2.67. The molecule has 2 rings (SSSR count). The summed E-state index contributed by atoms with van der Waals surface area (Å²) in [5.41, 5.74) is 0.854. The molecule has 0 aromatic carbocycles. The summed E-state index contributed by atoms with van der Waals surface area (Å²) >= 11 is 0. The van der Waals surface area contributed by atoms with Gasteiger partial charge in [-0.15, -0.1) is 0 Å². The first-order valence-corrected chi connectivity index (χ1v) is 4.25. The van der Waals surface area contributed by atoms with E-state index < -0.39 is 12.0 Å². The number of aromatic nitrogens is 5. The van der Waals surface area contributed by atoms with Gasteiger partial charge in [0.1, 0.15) is 5.69 Å². The molecule has 0 amide bonds. The number of aryl methyl sites for hydroxylation is 1. The summed E-state index contributed by atoms with van der Waals surface area (Å²) in [6.07, 6.45) is -1.79. The fourth-order valence-electron chi connectivity index (χ4n) is 1.01. The number of hydrogen-bond donors (Lipinski definition) is 1. The highest BCUT2D eigenvalue weighted by Gasteiger charge is 2.35. The molecule has 1 N–H and O–H groups in total. The number of alkyl halides is 3. The van der Waals surface area contributed by atoms with Crippen molar-refractivity contribution >= 4 is 0 Å². The largest absolute Gasteiger partial charge is 0.451 e. The van der Waals surface area contributed by atoms with Gasteiger partial charge in [0.25, 0.3) is 0 Å². The highest BCUT2D eigenvalue weighted by Crippen LogP contribution is 2.26. The average molecular weight is 229 g/mol. The predicted octanol–water partition coefficient (Wildman–Crippen LogP) is 1.59. The maximum absolute atomic E-state index is 12.2. The smallest absolute Gasteiger partial charge is 0.258 e. The van der Waals surface area contributed by atoms with Gasteiger partial charge in [0, 0.05) is 6.20 Å². The van der Waals surface area contributed by atoms with Crippen molar-refractivity contribution in [1.29, 1.82) is 0 Å². The van der Waals surface area contributed by atoms with Crippen molar-refractivity contribution in [2.45, 2.75) is 13.1 Å². The van der Waals surface area contributed by atoms with Crippen LogP contribution in [-0.2, 0) is 6.18 Å². The molecule has 2 heterocycles. The van der Waals surface area contributed by atoms with Crippen LogP contribution < -0.4 is 0 Å². The third-order valence-corrected chi connectivity index (χ3v) is 1.76. The SMILES string of the molecule is Cc1cnc(-c2n[nH]c(C(F)(F)F)n2)cn1. The lowest BCUT2D eigenvalue weighted by molar-refractivity contribution is -0.144. The van der Waals surface area contributed by atoms with E-state index in [1.54, 1.807) is 12.0 Å². The van der Waals surface area contributed by atoms with Gasteiger partial charge in [-0.2, -0.15) is 18.3 Å². The van der Waals surface area contributed by atoms with Crippen molar-refractivity contribution in [2.75, 3.05) is 0 Å². The Labute approximate surface area is 87.8 Å². The third-order valence-electron chi connectivity index (χ3n) is 1.76. The summed E-state index contributed by atoms with van der Waals surface area (Å²) in [6.45, 7) is 1.72. The van der Waals surface area contributed by atoms with Gasteiger partial charge >= 0.3 is 6.18 Å². The maximum atomic E-state index is 12.2. The Morgan fingerprint density at radius 3 is 2.44 bits per heavy atom. The molecule has 0 spiro atoms. The zero-order valence-corrected chi connectivity index (χ0v) is 8.08. The van der Waals surface area contributed by atoms with E-state index in [1.807, 2.05) is 0 Å². The van der Waals surface area contributed by atoms with E-state index in [0.717, 1.165) is 0 Å². The maximum Gasteiger partial charge on any atom is 0.451 e. The number of H-pyrrole nitrogens is 1. The van der Waals surface area contributed by atoms with Gasteiger partial charge in [-0.25, -0.2) is 9.97 Å². The van der Waals surface area contributed by atoms with E-state index >= 15 is 0 Å². The standard InChI is InChI=1S/C8H6F3N5/c1-4-2-13-5(3-12-4)6-14-7(16-15-6)8(9,10)11/h2-3H,1H3,(H,14,15,16). The third kappa shape index (κ3) is 2.00. The molecule has 0 bridgehead atoms. The summed E-state index contributed by atoms with van der Waals surface area (Å²) in [5, 5.41) is 5.23. The second-order valence-corrected chi connectivity index (χ2v) is 3.05. The van der Waals surface area contributed by atoms with Crippen LogP contribution in [0.3, 0.4) is 0 Å². The van der Waals surface area contributed by atoms with Crippen molar-refractivity contribution in [2.24, 2.45) is 0 Å². The van der Waals surface area contributed by atoms with Crippen LogP contribution in [-0.4, -0.2) is 25.1 Å². The number of rotatable bonds is 1. The molecule has 8 heteroatoms. The highest BCUT2D eigenvalue weighted by molar-refractivity contribution is 5.46. The second-order valence-electron chi connectivity index (χ2n) is 3.05. The minimum atomic E-state index is -4.54. The van der Waals surface area contributed by atoms with Crippen molar-refractivity contribution < 1.29 is 13.2 Å². The normalized spacial score (nSPS) is 11.8. The first kappa shape index (κ1) is 10.5. The number of halogens is 3. The molecule has 5 nitrogen and oxygen atoms in total. The lowest BCUT2D eigenvalue weighted by Gasteiger charge is -1.98. The summed E-state index contributed by atoms with van der Waals surface area (Å²) in [4.78, 5) is 11.0. The Balaban J connectivity index is 2.35. The molecule has 2 aromatic heterocycles. The molecule has 0 saturated carbocycles. The van der Waals surface area contributed by atoms with Crippen LogP contribution in [0.15, 0.2) is 12.4 Å². The Morgan fingerprint density at radius 2 is 1.94 bits per heavy atom. The quantitative estimate of drug-likeness (QED) is 0.806. The number of nitrogens with zero attached hydrogens (tertiary/aromatic N) is 4. The fraction of sp³-hybridized carbons (Fsp3) is 0.250. The van der Waals surface area contributed by atoms with Crippen molar-refractivity contribution in [1.82, 2.24) is 25.1 Å². The number of hydrogen-bond acceptors (Lipinski definition) is 4. The molecule has 84 valence electrons. The van der Waals surface area contributed by atoms with E-state index in [0.29, 0.717) is 5.69 Å². The molecule has 0 saturated heterocycles. The molecule has 16 heavy (non-hydrogen) atoms.